The van der Waals surface area contributed by atoms with Gasteiger partial charge in [-0.3, -0.25) is 0 Å². The van der Waals surface area contributed by atoms with Gasteiger partial charge in [0.05, 0.1) is 27.8 Å². The first-order valence-electron chi connectivity index (χ1n) is 17.6. The summed E-state index contributed by atoms with van der Waals surface area (Å²) in [6.45, 7) is 0. The molecule has 0 saturated heterocycles. The van der Waals surface area contributed by atoms with Crippen LogP contribution in [0.2, 0.25) is 0 Å². The zero-order valence-corrected chi connectivity index (χ0v) is 28.2. The Morgan fingerprint density at radius 3 is 1.71 bits per heavy atom. The van der Waals surface area contributed by atoms with Crippen molar-refractivity contribution in [1.82, 2.24) is 9.13 Å². The van der Waals surface area contributed by atoms with E-state index in [9.17, 15) is 4.39 Å². The van der Waals surface area contributed by atoms with Gasteiger partial charge in [0.25, 0.3) is 0 Å². The van der Waals surface area contributed by atoms with Crippen molar-refractivity contribution in [2.75, 3.05) is 4.90 Å². The van der Waals surface area contributed by atoms with E-state index in [4.69, 9.17) is 0 Å². The Hall–Kier alpha value is -6.91. The second-order valence-corrected chi connectivity index (χ2v) is 13.1. The first kappa shape index (κ1) is 30.0. The molecule has 0 amide bonds. The van der Waals surface area contributed by atoms with Gasteiger partial charge in [-0.2, -0.15) is 0 Å². The molecule has 0 spiro atoms. The van der Waals surface area contributed by atoms with Crippen LogP contribution in [0.4, 0.5) is 21.5 Å². The van der Waals surface area contributed by atoms with E-state index in [2.05, 4.69) is 178 Å². The van der Waals surface area contributed by atoms with Crippen molar-refractivity contribution in [3.63, 3.8) is 0 Å². The van der Waals surface area contributed by atoms with Crippen LogP contribution < -0.4 is 4.90 Å². The fourth-order valence-corrected chi connectivity index (χ4v) is 7.90. The fourth-order valence-electron chi connectivity index (χ4n) is 7.90. The van der Waals surface area contributed by atoms with Gasteiger partial charge >= 0.3 is 0 Å². The van der Waals surface area contributed by atoms with Crippen molar-refractivity contribution in [3.8, 4) is 22.5 Å². The molecule has 2 aromatic heterocycles. The summed E-state index contributed by atoms with van der Waals surface area (Å²) in [7, 11) is 0. The molecule has 2 heterocycles. The molecule has 8 aromatic carbocycles. The topological polar surface area (TPSA) is 13.1 Å². The number of para-hydroxylation sites is 4. The van der Waals surface area contributed by atoms with Crippen LogP contribution in [0, 0.1) is 5.82 Å². The SMILES string of the molecule is Fc1cccc(-n2c3ccccc3c3cc(N(c4ccccc4)c4cccc5c6ccccc6n(-c6cccc(-c7ccccc7)c6)c45)ccc32)c1. The van der Waals surface area contributed by atoms with Crippen molar-refractivity contribution in [1.29, 1.82) is 0 Å². The zero-order valence-electron chi connectivity index (χ0n) is 28.2. The lowest BCUT2D eigenvalue weighted by atomic mass is 10.1. The molecule has 52 heavy (non-hydrogen) atoms. The maximum absolute atomic E-state index is 14.6. The monoisotopic (exact) mass is 669 g/mol. The van der Waals surface area contributed by atoms with E-state index in [-0.39, 0.29) is 5.82 Å². The molecule has 0 radical (unpaired) electrons. The Morgan fingerprint density at radius 1 is 0.365 bits per heavy atom. The number of rotatable bonds is 6. The molecule has 0 unspecified atom stereocenters. The number of halogens is 1. The highest BCUT2D eigenvalue weighted by atomic mass is 19.1. The third-order valence-corrected chi connectivity index (χ3v) is 10.1. The van der Waals surface area contributed by atoms with E-state index in [1.54, 1.807) is 12.1 Å². The summed E-state index contributed by atoms with van der Waals surface area (Å²) in [6.07, 6.45) is 0. The van der Waals surface area contributed by atoms with Gasteiger partial charge in [-0.05, 0) is 90.0 Å². The smallest absolute Gasteiger partial charge is 0.125 e. The van der Waals surface area contributed by atoms with Gasteiger partial charge in [0, 0.05) is 44.3 Å². The molecule has 0 bridgehead atoms. The van der Waals surface area contributed by atoms with Gasteiger partial charge in [-0.15, -0.1) is 0 Å². The van der Waals surface area contributed by atoms with Crippen LogP contribution in [0.25, 0.3) is 66.1 Å². The van der Waals surface area contributed by atoms with Gasteiger partial charge in [0.1, 0.15) is 5.82 Å². The van der Waals surface area contributed by atoms with Crippen LogP contribution in [0.5, 0.6) is 0 Å². The highest BCUT2D eigenvalue weighted by Gasteiger charge is 2.23. The average Bonchev–Trinajstić information content (AvgIpc) is 3.72. The van der Waals surface area contributed by atoms with Crippen molar-refractivity contribution in [2.45, 2.75) is 0 Å². The molecule has 0 fully saturated rings. The molecule has 0 aliphatic rings. The Labute approximate surface area is 300 Å². The van der Waals surface area contributed by atoms with Crippen molar-refractivity contribution in [3.05, 3.63) is 200 Å². The molecule has 0 aliphatic heterocycles. The molecular weight excluding hydrogens is 638 g/mol. The van der Waals surface area contributed by atoms with E-state index >= 15 is 0 Å². The summed E-state index contributed by atoms with van der Waals surface area (Å²) < 4.78 is 19.1. The number of aromatic nitrogens is 2. The third kappa shape index (κ3) is 4.80. The molecule has 0 saturated carbocycles. The summed E-state index contributed by atoms with van der Waals surface area (Å²) in [5.41, 5.74) is 11.7. The highest BCUT2D eigenvalue weighted by molar-refractivity contribution is 6.15. The molecule has 0 atom stereocenters. The molecule has 10 rings (SSSR count). The quantitative estimate of drug-likeness (QED) is 0.172. The standard InChI is InChI=1S/C48H32FN3/c49-35-17-12-21-38(31-35)51-44-25-9-8-23-41(44)43-32-39(28-29-46(43)51)50(36-18-5-2-6-19-36)47-27-13-24-42-40-22-7-10-26-45(40)52(48(42)47)37-20-11-16-34(30-37)33-14-3-1-4-15-33/h1-32H. The highest BCUT2D eigenvalue weighted by Crippen LogP contribution is 2.45. The van der Waals surface area contributed by atoms with Crippen LogP contribution in [-0.4, -0.2) is 9.13 Å². The van der Waals surface area contributed by atoms with Crippen LogP contribution in [0.15, 0.2) is 194 Å². The maximum atomic E-state index is 14.6. The van der Waals surface area contributed by atoms with Gasteiger partial charge in [0.2, 0.25) is 0 Å². The zero-order chi connectivity index (χ0) is 34.6. The van der Waals surface area contributed by atoms with Crippen molar-refractivity contribution in [2.24, 2.45) is 0 Å². The van der Waals surface area contributed by atoms with Gasteiger partial charge in [0.15, 0.2) is 0 Å². The number of fused-ring (bicyclic) bond motifs is 6. The maximum Gasteiger partial charge on any atom is 0.125 e. The Bertz CT molecular complexity index is 2920. The molecule has 4 heteroatoms. The predicted molar refractivity (Wildman–Crippen MR) is 215 cm³/mol. The van der Waals surface area contributed by atoms with E-state index < -0.39 is 0 Å². The number of anilines is 3. The minimum Gasteiger partial charge on any atom is -0.309 e. The van der Waals surface area contributed by atoms with E-state index in [0.717, 1.165) is 61.3 Å². The van der Waals surface area contributed by atoms with Crippen LogP contribution in [0.1, 0.15) is 0 Å². The first-order chi connectivity index (χ1) is 25.7. The molecule has 10 aromatic rings. The molecule has 246 valence electrons. The number of hydrogen-bond donors (Lipinski definition) is 0. The lowest BCUT2D eigenvalue weighted by Gasteiger charge is -2.27. The molecule has 3 nitrogen and oxygen atoms in total. The second-order valence-electron chi connectivity index (χ2n) is 13.1. The van der Waals surface area contributed by atoms with E-state index in [0.29, 0.717) is 0 Å². The molecule has 0 aliphatic carbocycles. The van der Waals surface area contributed by atoms with E-state index in [1.807, 2.05) is 12.1 Å². The van der Waals surface area contributed by atoms with Gasteiger partial charge in [-0.1, -0.05) is 115 Å². The number of benzene rings is 8. The summed E-state index contributed by atoms with van der Waals surface area (Å²) in [5, 5.41) is 4.59. The van der Waals surface area contributed by atoms with Crippen molar-refractivity contribution < 1.29 is 4.39 Å². The minimum atomic E-state index is -0.256. The first-order valence-corrected chi connectivity index (χ1v) is 17.6. The fraction of sp³-hybridized carbons (Fsp3) is 0. The predicted octanol–water partition coefficient (Wildman–Crippen LogP) is 13.2. The van der Waals surface area contributed by atoms with Crippen molar-refractivity contribution >= 4 is 60.7 Å². The largest absolute Gasteiger partial charge is 0.309 e. The van der Waals surface area contributed by atoms with Gasteiger partial charge in [-0.25, -0.2) is 4.39 Å². The lowest BCUT2D eigenvalue weighted by molar-refractivity contribution is 0.627. The summed E-state index contributed by atoms with van der Waals surface area (Å²) in [4.78, 5) is 2.37. The lowest BCUT2D eigenvalue weighted by Crippen LogP contribution is -2.11. The minimum absolute atomic E-state index is 0.256. The average molecular weight is 670 g/mol. The normalized spacial score (nSPS) is 11.6. The van der Waals surface area contributed by atoms with Crippen LogP contribution in [0.3, 0.4) is 0 Å². The summed E-state index contributed by atoms with van der Waals surface area (Å²) in [6, 6.07) is 67.1. The molecule has 0 N–H and O–H groups in total. The Morgan fingerprint density at radius 2 is 0.942 bits per heavy atom. The number of hydrogen-bond acceptors (Lipinski definition) is 1. The van der Waals surface area contributed by atoms with Crippen LogP contribution >= 0.6 is 0 Å². The summed E-state index contributed by atoms with van der Waals surface area (Å²) in [5.74, 6) is -0.256. The molecular formula is C48H32FN3. The Balaban J connectivity index is 1.25. The van der Waals surface area contributed by atoms with Gasteiger partial charge < -0.3 is 14.0 Å². The summed E-state index contributed by atoms with van der Waals surface area (Å²) >= 11 is 0. The number of nitrogens with zero attached hydrogens (tertiary/aromatic N) is 3. The second kappa shape index (κ2) is 12.1. The van der Waals surface area contributed by atoms with Crippen LogP contribution in [-0.2, 0) is 0 Å². The Kier molecular flexibility index (Phi) is 7.00. The third-order valence-electron chi connectivity index (χ3n) is 10.1. The van der Waals surface area contributed by atoms with E-state index in [1.165, 1.54) is 28.0 Å².